The van der Waals surface area contributed by atoms with Gasteiger partial charge in [-0.1, -0.05) is 6.92 Å². The minimum Gasteiger partial charge on any atom is -0.371 e. The molecule has 0 unspecified atom stereocenters. The number of nitrogens with zero attached hydrogens (tertiary/aromatic N) is 2. The molecule has 0 aliphatic carbocycles. The van der Waals surface area contributed by atoms with Gasteiger partial charge < -0.3 is 10.1 Å². The molecule has 19 heavy (non-hydrogen) atoms. The van der Waals surface area contributed by atoms with Crippen molar-refractivity contribution in [3.8, 4) is 0 Å². The van der Waals surface area contributed by atoms with Gasteiger partial charge in [-0.05, 0) is 59.2 Å². The second-order valence-electron chi connectivity index (χ2n) is 5.41. The zero-order valence-corrected chi connectivity index (χ0v) is 13.1. The molecule has 0 radical (unpaired) electrons. The molecule has 0 aromatic carbocycles. The molecule has 1 aromatic heterocycles. The van der Waals surface area contributed by atoms with Gasteiger partial charge >= 0.3 is 0 Å². The molecule has 0 aliphatic rings. The minimum absolute atomic E-state index is 0.436. The van der Waals surface area contributed by atoms with Crippen LogP contribution in [0.2, 0.25) is 0 Å². The number of methoxy groups -OCH3 is 1. The minimum atomic E-state index is -0.436. The normalized spacial score (nSPS) is 11.9. The standard InChI is InChI=1S/C15H27N3O/c1-7-9-16-10-8-13-11(2)17-14(18-12(13)3)15(4,5)19-6/h16H,7-10H2,1-6H3. The molecule has 4 heteroatoms. The highest BCUT2D eigenvalue weighted by Crippen LogP contribution is 2.22. The van der Waals surface area contributed by atoms with Crippen LogP contribution in [-0.2, 0) is 16.8 Å². The van der Waals surface area contributed by atoms with Crippen molar-refractivity contribution in [3.63, 3.8) is 0 Å². The van der Waals surface area contributed by atoms with E-state index in [1.54, 1.807) is 7.11 Å². The van der Waals surface area contributed by atoms with Crippen LogP contribution in [0.1, 0.15) is 50.0 Å². The van der Waals surface area contributed by atoms with Gasteiger partial charge in [0.25, 0.3) is 0 Å². The summed E-state index contributed by atoms with van der Waals surface area (Å²) in [6.07, 6.45) is 2.14. The second-order valence-corrected chi connectivity index (χ2v) is 5.41. The number of rotatable bonds is 7. The molecule has 0 atom stereocenters. The Hall–Kier alpha value is -1.00. The summed E-state index contributed by atoms with van der Waals surface area (Å²) >= 11 is 0. The van der Waals surface area contributed by atoms with Crippen molar-refractivity contribution >= 4 is 0 Å². The summed E-state index contributed by atoms with van der Waals surface area (Å²) in [4.78, 5) is 9.22. The third-order valence-electron chi connectivity index (χ3n) is 3.45. The van der Waals surface area contributed by atoms with E-state index in [4.69, 9.17) is 4.74 Å². The van der Waals surface area contributed by atoms with E-state index in [0.717, 1.165) is 43.1 Å². The van der Waals surface area contributed by atoms with Crippen LogP contribution in [0.3, 0.4) is 0 Å². The molecule has 0 saturated carbocycles. The summed E-state index contributed by atoms with van der Waals surface area (Å²) in [5, 5.41) is 3.41. The Kier molecular flexibility index (Phi) is 5.88. The van der Waals surface area contributed by atoms with Crippen molar-refractivity contribution in [2.75, 3.05) is 20.2 Å². The van der Waals surface area contributed by atoms with Gasteiger partial charge in [0, 0.05) is 18.5 Å². The van der Waals surface area contributed by atoms with E-state index in [1.165, 1.54) is 5.56 Å². The van der Waals surface area contributed by atoms with Crippen molar-refractivity contribution in [2.24, 2.45) is 0 Å². The van der Waals surface area contributed by atoms with Crippen molar-refractivity contribution < 1.29 is 4.74 Å². The average molecular weight is 265 g/mol. The first-order valence-electron chi connectivity index (χ1n) is 7.02. The van der Waals surface area contributed by atoms with Crippen LogP contribution in [0.25, 0.3) is 0 Å². The Morgan fingerprint density at radius 1 is 1.11 bits per heavy atom. The van der Waals surface area contributed by atoms with E-state index in [1.807, 2.05) is 13.8 Å². The Labute approximate surface area is 117 Å². The molecule has 1 N–H and O–H groups in total. The Balaban J connectivity index is 2.86. The first kappa shape index (κ1) is 16.1. The van der Waals surface area contributed by atoms with Crippen molar-refractivity contribution in [1.29, 1.82) is 0 Å². The molecule has 0 bridgehead atoms. The summed E-state index contributed by atoms with van der Waals surface area (Å²) in [5.74, 6) is 0.760. The first-order valence-corrected chi connectivity index (χ1v) is 7.02. The Bertz CT molecular complexity index is 393. The number of hydrogen-bond acceptors (Lipinski definition) is 4. The maximum absolute atomic E-state index is 5.45. The maximum atomic E-state index is 5.45. The van der Waals surface area contributed by atoms with Crippen molar-refractivity contribution in [2.45, 2.75) is 53.1 Å². The topological polar surface area (TPSA) is 47.0 Å². The lowest BCUT2D eigenvalue weighted by Crippen LogP contribution is -2.25. The average Bonchev–Trinajstić information content (AvgIpc) is 2.36. The highest BCUT2D eigenvalue weighted by Gasteiger charge is 2.24. The van der Waals surface area contributed by atoms with Crippen LogP contribution in [0.4, 0.5) is 0 Å². The molecule has 4 nitrogen and oxygen atoms in total. The first-order chi connectivity index (χ1) is 8.92. The van der Waals surface area contributed by atoms with Gasteiger partial charge in [-0.2, -0.15) is 0 Å². The van der Waals surface area contributed by atoms with Gasteiger partial charge in [0.1, 0.15) is 5.60 Å². The molecule has 0 amide bonds. The SMILES string of the molecule is CCCNCCc1c(C)nc(C(C)(C)OC)nc1C. The summed E-state index contributed by atoms with van der Waals surface area (Å²) < 4.78 is 5.45. The molecule has 0 fully saturated rings. The molecular weight excluding hydrogens is 238 g/mol. The van der Waals surface area contributed by atoms with Crippen LogP contribution in [0.15, 0.2) is 0 Å². The van der Waals surface area contributed by atoms with Crippen molar-refractivity contribution in [3.05, 3.63) is 22.8 Å². The number of aromatic nitrogens is 2. The number of aryl methyl sites for hydroxylation is 2. The van der Waals surface area contributed by atoms with Gasteiger partial charge in [-0.15, -0.1) is 0 Å². The summed E-state index contributed by atoms with van der Waals surface area (Å²) in [6, 6.07) is 0. The highest BCUT2D eigenvalue weighted by atomic mass is 16.5. The van der Waals surface area contributed by atoms with Gasteiger partial charge in [-0.25, -0.2) is 9.97 Å². The monoisotopic (exact) mass is 265 g/mol. The number of nitrogens with one attached hydrogen (secondary N) is 1. The molecule has 1 rings (SSSR count). The quantitative estimate of drug-likeness (QED) is 0.770. The molecular formula is C15H27N3O. The molecule has 1 heterocycles. The highest BCUT2D eigenvalue weighted by molar-refractivity contribution is 5.25. The Morgan fingerprint density at radius 2 is 1.68 bits per heavy atom. The lowest BCUT2D eigenvalue weighted by molar-refractivity contribution is 0.0111. The van der Waals surface area contributed by atoms with E-state index in [9.17, 15) is 0 Å². The van der Waals surface area contributed by atoms with Crippen molar-refractivity contribution in [1.82, 2.24) is 15.3 Å². The van der Waals surface area contributed by atoms with Gasteiger partial charge in [0.2, 0.25) is 0 Å². The Morgan fingerprint density at radius 3 is 2.16 bits per heavy atom. The molecule has 1 aromatic rings. The lowest BCUT2D eigenvalue weighted by Gasteiger charge is -2.23. The van der Waals surface area contributed by atoms with E-state index in [-0.39, 0.29) is 0 Å². The summed E-state index contributed by atoms with van der Waals surface area (Å²) in [6.45, 7) is 12.3. The van der Waals surface area contributed by atoms with Crippen LogP contribution in [0.5, 0.6) is 0 Å². The fourth-order valence-electron chi connectivity index (χ4n) is 1.98. The lowest BCUT2D eigenvalue weighted by atomic mass is 10.1. The summed E-state index contributed by atoms with van der Waals surface area (Å²) in [5.41, 5.74) is 2.94. The molecule has 0 aliphatic heterocycles. The molecule has 108 valence electrons. The third-order valence-corrected chi connectivity index (χ3v) is 3.45. The maximum Gasteiger partial charge on any atom is 0.160 e. The molecule has 0 saturated heterocycles. The smallest absolute Gasteiger partial charge is 0.160 e. The predicted molar refractivity (Wildman–Crippen MR) is 78.4 cm³/mol. The van der Waals surface area contributed by atoms with Crippen LogP contribution in [0, 0.1) is 13.8 Å². The number of hydrogen-bond donors (Lipinski definition) is 1. The fraction of sp³-hybridized carbons (Fsp3) is 0.733. The van der Waals surface area contributed by atoms with Gasteiger partial charge in [-0.3, -0.25) is 0 Å². The van der Waals surface area contributed by atoms with Gasteiger partial charge in [0.05, 0.1) is 0 Å². The fourth-order valence-corrected chi connectivity index (χ4v) is 1.98. The van der Waals surface area contributed by atoms with Crippen LogP contribution < -0.4 is 5.32 Å². The van der Waals surface area contributed by atoms with Crippen LogP contribution >= 0.6 is 0 Å². The summed E-state index contributed by atoms with van der Waals surface area (Å²) in [7, 11) is 1.69. The second kappa shape index (κ2) is 6.96. The zero-order chi connectivity index (χ0) is 14.5. The predicted octanol–water partition coefficient (Wildman–Crippen LogP) is 2.52. The van der Waals surface area contributed by atoms with E-state index >= 15 is 0 Å². The largest absolute Gasteiger partial charge is 0.371 e. The zero-order valence-electron chi connectivity index (χ0n) is 13.1. The van der Waals surface area contributed by atoms with E-state index in [0.29, 0.717) is 0 Å². The third kappa shape index (κ3) is 4.25. The van der Waals surface area contributed by atoms with E-state index < -0.39 is 5.60 Å². The van der Waals surface area contributed by atoms with Crippen LogP contribution in [-0.4, -0.2) is 30.2 Å². The number of ether oxygens (including phenoxy) is 1. The van der Waals surface area contributed by atoms with E-state index in [2.05, 4.69) is 36.1 Å². The van der Waals surface area contributed by atoms with Gasteiger partial charge in [0.15, 0.2) is 5.82 Å². The molecule has 0 spiro atoms.